The number of carbonyl (C=O) groups is 1. The van der Waals surface area contributed by atoms with Crippen molar-refractivity contribution >= 4 is 23.1 Å². The minimum Gasteiger partial charge on any atom is -0.369 e. The topological polar surface area (TPSA) is 51.7 Å². The predicted octanol–water partition coefficient (Wildman–Crippen LogP) is 3.47. The molecule has 1 aromatic heterocycles. The number of carbonyl (C=O) groups excluding carboxylic acids is 1. The summed E-state index contributed by atoms with van der Waals surface area (Å²) in [5.41, 5.74) is 2.69. The Morgan fingerprint density at radius 3 is 2.24 bits per heavy atom. The van der Waals surface area contributed by atoms with Gasteiger partial charge < -0.3 is 20.0 Å². The second-order valence-corrected chi connectivity index (χ2v) is 8.10. The van der Waals surface area contributed by atoms with Crippen LogP contribution in [0.5, 0.6) is 0 Å². The smallest absolute Gasteiger partial charge is 0.255 e. The molecule has 154 valence electrons. The summed E-state index contributed by atoms with van der Waals surface area (Å²) in [5.74, 6) is 0.820. The molecule has 2 fully saturated rings. The number of likely N-dealkylation sites (N-methyl/N-ethyl adjacent to an activating group) is 1. The highest BCUT2D eigenvalue weighted by Gasteiger charge is 2.16. The molecule has 1 amide bonds. The van der Waals surface area contributed by atoms with Crippen molar-refractivity contribution in [2.75, 3.05) is 61.4 Å². The molecule has 1 aromatic carbocycles. The minimum atomic E-state index is -0.0872. The van der Waals surface area contributed by atoms with E-state index in [0.717, 1.165) is 50.8 Å². The lowest BCUT2D eigenvalue weighted by Crippen LogP contribution is -2.44. The first-order chi connectivity index (χ1) is 14.2. The van der Waals surface area contributed by atoms with Crippen LogP contribution in [0.25, 0.3) is 0 Å². The normalized spacial score (nSPS) is 18.4. The van der Waals surface area contributed by atoms with E-state index in [2.05, 4.69) is 44.2 Å². The van der Waals surface area contributed by atoms with Gasteiger partial charge >= 0.3 is 0 Å². The van der Waals surface area contributed by atoms with Crippen LogP contribution in [0.1, 0.15) is 36.0 Å². The molecule has 0 saturated carbocycles. The Morgan fingerprint density at radius 2 is 1.55 bits per heavy atom. The number of aromatic nitrogens is 1. The number of piperazine rings is 1. The summed E-state index contributed by atoms with van der Waals surface area (Å²) in [7, 11) is 2.16. The van der Waals surface area contributed by atoms with Crippen LogP contribution in [0.15, 0.2) is 42.6 Å². The lowest BCUT2D eigenvalue weighted by molar-refractivity contribution is 0.102. The summed E-state index contributed by atoms with van der Waals surface area (Å²) in [6.07, 6.45) is 6.68. The molecule has 2 aliphatic heterocycles. The fourth-order valence-corrected chi connectivity index (χ4v) is 4.06. The van der Waals surface area contributed by atoms with Crippen LogP contribution >= 0.6 is 0 Å². The molecule has 0 unspecified atom stereocenters. The molecular formula is C23H31N5O. The molecule has 0 aliphatic carbocycles. The number of pyridine rings is 1. The average Bonchev–Trinajstić information content (AvgIpc) is 3.05. The number of amides is 1. The van der Waals surface area contributed by atoms with E-state index < -0.39 is 0 Å². The molecule has 4 rings (SSSR count). The maximum atomic E-state index is 12.8. The largest absolute Gasteiger partial charge is 0.369 e. The van der Waals surface area contributed by atoms with Gasteiger partial charge in [-0.25, -0.2) is 4.98 Å². The van der Waals surface area contributed by atoms with Crippen LogP contribution < -0.4 is 15.1 Å². The Hall–Kier alpha value is -2.60. The number of rotatable bonds is 4. The zero-order valence-electron chi connectivity index (χ0n) is 17.3. The Kier molecular flexibility index (Phi) is 6.30. The molecule has 6 heteroatoms. The van der Waals surface area contributed by atoms with Gasteiger partial charge in [0.15, 0.2) is 0 Å². The van der Waals surface area contributed by atoms with E-state index in [4.69, 9.17) is 0 Å². The van der Waals surface area contributed by atoms with Gasteiger partial charge in [0.05, 0.1) is 0 Å². The first-order valence-corrected chi connectivity index (χ1v) is 10.7. The van der Waals surface area contributed by atoms with Crippen LogP contribution in [-0.4, -0.2) is 62.1 Å². The number of nitrogens with one attached hydrogen (secondary N) is 1. The molecular weight excluding hydrogens is 362 g/mol. The highest BCUT2D eigenvalue weighted by molar-refractivity contribution is 6.04. The van der Waals surface area contributed by atoms with E-state index in [0.29, 0.717) is 5.56 Å². The number of nitrogens with zero attached hydrogens (tertiary/aromatic N) is 4. The van der Waals surface area contributed by atoms with Crippen LogP contribution in [-0.2, 0) is 0 Å². The van der Waals surface area contributed by atoms with E-state index in [-0.39, 0.29) is 5.91 Å². The van der Waals surface area contributed by atoms with Crippen LogP contribution in [0.4, 0.5) is 17.2 Å². The Balaban J connectivity index is 1.39. The van der Waals surface area contributed by atoms with E-state index in [1.165, 1.54) is 31.4 Å². The third-order valence-corrected chi connectivity index (χ3v) is 5.93. The molecule has 0 bridgehead atoms. The lowest BCUT2D eigenvalue weighted by Gasteiger charge is -2.34. The van der Waals surface area contributed by atoms with Crippen molar-refractivity contribution in [3.05, 3.63) is 48.2 Å². The zero-order chi connectivity index (χ0) is 20.1. The Labute approximate surface area is 173 Å². The molecule has 6 nitrogen and oxygen atoms in total. The number of anilines is 3. The van der Waals surface area contributed by atoms with Crippen LogP contribution in [0.2, 0.25) is 0 Å². The minimum absolute atomic E-state index is 0.0872. The Bertz CT molecular complexity index is 806. The second kappa shape index (κ2) is 9.27. The van der Waals surface area contributed by atoms with Crippen molar-refractivity contribution in [1.82, 2.24) is 9.88 Å². The predicted molar refractivity (Wildman–Crippen MR) is 119 cm³/mol. The summed E-state index contributed by atoms with van der Waals surface area (Å²) in [5, 5.41) is 3.03. The third-order valence-electron chi connectivity index (χ3n) is 5.93. The maximum Gasteiger partial charge on any atom is 0.255 e. The molecule has 0 spiro atoms. The van der Waals surface area contributed by atoms with E-state index in [9.17, 15) is 4.79 Å². The van der Waals surface area contributed by atoms with Gasteiger partial charge in [0, 0.05) is 62.4 Å². The van der Waals surface area contributed by atoms with Crippen LogP contribution in [0.3, 0.4) is 0 Å². The van der Waals surface area contributed by atoms with Crippen molar-refractivity contribution in [1.29, 1.82) is 0 Å². The zero-order valence-corrected chi connectivity index (χ0v) is 17.3. The van der Waals surface area contributed by atoms with Crippen molar-refractivity contribution in [2.24, 2.45) is 0 Å². The highest BCUT2D eigenvalue weighted by Crippen LogP contribution is 2.21. The molecule has 1 N–H and O–H groups in total. The summed E-state index contributed by atoms with van der Waals surface area (Å²) in [6.45, 7) is 6.29. The van der Waals surface area contributed by atoms with E-state index in [1.54, 1.807) is 12.3 Å². The first-order valence-electron chi connectivity index (χ1n) is 10.7. The second-order valence-electron chi connectivity index (χ2n) is 8.10. The fourth-order valence-electron chi connectivity index (χ4n) is 4.06. The molecule has 0 atom stereocenters. The molecule has 2 aliphatic rings. The van der Waals surface area contributed by atoms with Gasteiger partial charge in [0.1, 0.15) is 5.82 Å². The summed E-state index contributed by atoms with van der Waals surface area (Å²) in [4.78, 5) is 24.3. The summed E-state index contributed by atoms with van der Waals surface area (Å²) >= 11 is 0. The van der Waals surface area contributed by atoms with Gasteiger partial charge in [0.25, 0.3) is 5.91 Å². The van der Waals surface area contributed by atoms with E-state index in [1.807, 2.05) is 18.2 Å². The summed E-state index contributed by atoms with van der Waals surface area (Å²) < 4.78 is 0. The number of benzene rings is 1. The Morgan fingerprint density at radius 1 is 0.862 bits per heavy atom. The van der Waals surface area contributed by atoms with Gasteiger partial charge in [-0.2, -0.15) is 0 Å². The summed E-state index contributed by atoms with van der Waals surface area (Å²) in [6, 6.07) is 11.9. The quantitative estimate of drug-likeness (QED) is 0.862. The molecule has 29 heavy (non-hydrogen) atoms. The monoisotopic (exact) mass is 393 g/mol. The van der Waals surface area contributed by atoms with Gasteiger partial charge in [-0.15, -0.1) is 0 Å². The molecule has 3 heterocycles. The molecule has 2 aromatic rings. The highest BCUT2D eigenvalue weighted by atomic mass is 16.1. The average molecular weight is 394 g/mol. The van der Waals surface area contributed by atoms with Gasteiger partial charge in [-0.3, -0.25) is 4.79 Å². The maximum absolute atomic E-state index is 12.8. The van der Waals surface area contributed by atoms with Gasteiger partial charge in [-0.05, 0) is 56.3 Å². The number of hydrogen-bond acceptors (Lipinski definition) is 5. The van der Waals surface area contributed by atoms with Gasteiger partial charge in [-0.1, -0.05) is 12.8 Å². The van der Waals surface area contributed by atoms with Crippen molar-refractivity contribution in [2.45, 2.75) is 25.7 Å². The van der Waals surface area contributed by atoms with E-state index >= 15 is 0 Å². The van der Waals surface area contributed by atoms with Crippen molar-refractivity contribution in [3.63, 3.8) is 0 Å². The number of hydrogen-bond donors (Lipinski definition) is 1. The van der Waals surface area contributed by atoms with Gasteiger partial charge in [0.2, 0.25) is 0 Å². The fraction of sp³-hybridized carbons (Fsp3) is 0.478. The van der Waals surface area contributed by atoms with Crippen LogP contribution in [0, 0.1) is 0 Å². The van der Waals surface area contributed by atoms with Crippen molar-refractivity contribution < 1.29 is 4.79 Å². The van der Waals surface area contributed by atoms with Crippen molar-refractivity contribution in [3.8, 4) is 0 Å². The SMILES string of the molecule is CN1CCN(c2ccc(NC(=O)c3ccnc(N4CCCCCC4)c3)cc2)CC1. The lowest BCUT2D eigenvalue weighted by atomic mass is 10.2. The standard InChI is InChI=1S/C23H31N5O/c1-26-14-16-27(17-15-26)21-8-6-20(7-9-21)25-23(29)19-10-11-24-22(18-19)28-12-4-2-3-5-13-28/h6-11,18H,2-5,12-17H2,1H3,(H,25,29). The molecule has 2 saturated heterocycles. The molecule has 0 radical (unpaired) electrons. The third kappa shape index (κ3) is 5.07. The first kappa shape index (κ1) is 19.7.